The molecular formula is C28H16N2. The van der Waals surface area contributed by atoms with Crippen molar-refractivity contribution in [1.82, 2.24) is 9.38 Å². The van der Waals surface area contributed by atoms with Crippen LogP contribution in [0.3, 0.4) is 0 Å². The zero-order valence-corrected chi connectivity index (χ0v) is 16.1. The quantitative estimate of drug-likeness (QED) is 0.279. The Balaban J connectivity index is 1.89. The smallest absolute Gasteiger partial charge is 0.0804 e. The second-order valence-corrected chi connectivity index (χ2v) is 8.31. The molecule has 0 aliphatic heterocycles. The molecular weight excluding hydrogens is 364 g/mol. The van der Waals surface area contributed by atoms with E-state index in [4.69, 9.17) is 0 Å². The molecule has 3 aromatic heterocycles. The summed E-state index contributed by atoms with van der Waals surface area (Å²) in [5, 5.41) is 10.4. The number of H-pyrrole nitrogens is 1. The maximum atomic E-state index is 3.74. The number of rotatable bonds is 0. The lowest BCUT2D eigenvalue weighted by atomic mass is 9.99. The fourth-order valence-electron chi connectivity index (χ4n) is 5.57. The highest BCUT2D eigenvalue weighted by Gasteiger charge is 2.20. The number of nitrogens with zero attached hydrogens (tertiary/aromatic N) is 1. The molecule has 8 aromatic rings. The van der Waals surface area contributed by atoms with E-state index in [1.807, 2.05) is 0 Å². The first-order chi connectivity index (χ1) is 14.9. The Bertz CT molecular complexity index is 1950. The Morgan fingerprint density at radius 3 is 2.23 bits per heavy atom. The number of benzene rings is 5. The van der Waals surface area contributed by atoms with Crippen LogP contribution >= 0.6 is 0 Å². The summed E-state index contributed by atoms with van der Waals surface area (Å²) in [6.07, 6.45) is 0. The van der Waals surface area contributed by atoms with Gasteiger partial charge in [-0.25, -0.2) is 0 Å². The molecule has 0 spiro atoms. The van der Waals surface area contributed by atoms with Crippen molar-refractivity contribution in [2.45, 2.75) is 0 Å². The van der Waals surface area contributed by atoms with Gasteiger partial charge in [-0.2, -0.15) is 0 Å². The highest BCUT2D eigenvalue weighted by molar-refractivity contribution is 6.32. The van der Waals surface area contributed by atoms with Crippen molar-refractivity contribution in [1.29, 1.82) is 0 Å². The molecule has 0 unspecified atom stereocenters. The fraction of sp³-hybridized carbons (Fsp3) is 0. The van der Waals surface area contributed by atoms with Gasteiger partial charge in [0.05, 0.1) is 22.1 Å². The molecule has 0 saturated carbocycles. The minimum absolute atomic E-state index is 1.21. The van der Waals surface area contributed by atoms with Crippen molar-refractivity contribution in [2.24, 2.45) is 0 Å². The standard InChI is InChI=1S/C28H16N2/c1-2-7-18-15-24-21(14-17(18)6-1)19-10-5-8-16-12-13-22-26(25(16)19)28-27(29-22)20-9-3-4-11-23(20)30(24)28/h1-15,29H. The maximum absolute atomic E-state index is 3.74. The predicted octanol–water partition coefficient (Wildman–Crippen LogP) is 7.62. The molecule has 3 heterocycles. The Morgan fingerprint density at radius 1 is 0.533 bits per heavy atom. The van der Waals surface area contributed by atoms with Crippen LogP contribution in [-0.4, -0.2) is 9.38 Å². The molecule has 1 N–H and O–H groups in total. The SMILES string of the molecule is c1ccc2cc3c(cc2c1)c1cccc2ccc4[nH]c5c6ccccc6n3c5c4c21. The van der Waals surface area contributed by atoms with E-state index in [1.54, 1.807) is 0 Å². The summed E-state index contributed by atoms with van der Waals surface area (Å²) in [7, 11) is 0. The molecule has 0 atom stereocenters. The van der Waals surface area contributed by atoms with Crippen LogP contribution in [0.1, 0.15) is 0 Å². The summed E-state index contributed by atoms with van der Waals surface area (Å²) >= 11 is 0. The van der Waals surface area contributed by atoms with E-state index in [9.17, 15) is 0 Å². The molecule has 2 heteroatoms. The number of nitrogens with one attached hydrogen (secondary N) is 1. The van der Waals surface area contributed by atoms with Crippen LogP contribution in [0.5, 0.6) is 0 Å². The van der Waals surface area contributed by atoms with E-state index in [0.717, 1.165) is 0 Å². The molecule has 2 nitrogen and oxygen atoms in total. The lowest BCUT2D eigenvalue weighted by molar-refractivity contribution is 1.36. The fourth-order valence-corrected chi connectivity index (χ4v) is 5.57. The summed E-state index contributed by atoms with van der Waals surface area (Å²) in [5.74, 6) is 0. The van der Waals surface area contributed by atoms with Crippen molar-refractivity contribution in [3.8, 4) is 0 Å². The summed E-state index contributed by atoms with van der Waals surface area (Å²) in [4.78, 5) is 3.74. The first-order valence-corrected chi connectivity index (χ1v) is 10.4. The van der Waals surface area contributed by atoms with E-state index in [-0.39, 0.29) is 0 Å². The van der Waals surface area contributed by atoms with Gasteiger partial charge in [-0.3, -0.25) is 0 Å². The van der Waals surface area contributed by atoms with Crippen molar-refractivity contribution < 1.29 is 0 Å². The van der Waals surface area contributed by atoms with Gasteiger partial charge in [0.25, 0.3) is 0 Å². The molecule has 8 rings (SSSR count). The van der Waals surface area contributed by atoms with Crippen LogP contribution in [-0.2, 0) is 0 Å². The zero-order chi connectivity index (χ0) is 19.4. The number of fused-ring (bicyclic) bond motifs is 7. The largest absolute Gasteiger partial charge is 0.353 e. The van der Waals surface area contributed by atoms with Crippen LogP contribution in [0.2, 0.25) is 0 Å². The minimum atomic E-state index is 1.21. The lowest BCUT2D eigenvalue weighted by Crippen LogP contribution is -1.85. The number of hydrogen-bond donors (Lipinski definition) is 1. The van der Waals surface area contributed by atoms with Crippen molar-refractivity contribution in [3.05, 3.63) is 91.0 Å². The van der Waals surface area contributed by atoms with E-state index < -0.39 is 0 Å². The van der Waals surface area contributed by atoms with E-state index in [1.165, 1.54) is 70.7 Å². The van der Waals surface area contributed by atoms with Gasteiger partial charge in [0, 0.05) is 27.1 Å². The molecule has 0 saturated heterocycles. The number of para-hydroxylation sites is 1. The normalized spacial score (nSPS) is 12.7. The summed E-state index contributed by atoms with van der Waals surface area (Å²) in [5.41, 5.74) is 6.23. The monoisotopic (exact) mass is 380 g/mol. The first-order valence-electron chi connectivity index (χ1n) is 10.4. The van der Waals surface area contributed by atoms with Gasteiger partial charge in [-0.1, -0.05) is 66.7 Å². The van der Waals surface area contributed by atoms with Gasteiger partial charge >= 0.3 is 0 Å². The molecule has 0 bridgehead atoms. The third-order valence-electron chi connectivity index (χ3n) is 6.81. The van der Waals surface area contributed by atoms with Gasteiger partial charge in [0.2, 0.25) is 0 Å². The van der Waals surface area contributed by atoms with Gasteiger partial charge in [-0.05, 0) is 45.8 Å². The van der Waals surface area contributed by atoms with E-state index in [0.29, 0.717) is 0 Å². The zero-order valence-electron chi connectivity index (χ0n) is 16.1. The minimum Gasteiger partial charge on any atom is -0.353 e. The van der Waals surface area contributed by atoms with Crippen molar-refractivity contribution >= 4 is 70.7 Å². The third kappa shape index (κ3) is 1.60. The summed E-state index contributed by atoms with van der Waals surface area (Å²) in [6, 6.07) is 33.3. The third-order valence-corrected chi connectivity index (χ3v) is 6.81. The number of aromatic nitrogens is 2. The van der Waals surface area contributed by atoms with Crippen LogP contribution in [0.4, 0.5) is 0 Å². The van der Waals surface area contributed by atoms with Gasteiger partial charge in [0.1, 0.15) is 0 Å². The highest BCUT2D eigenvalue weighted by atomic mass is 14.9. The Morgan fingerprint density at radius 2 is 1.30 bits per heavy atom. The molecule has 0 aliphatic rings. The molecule has 30 heavy (non-hydrogen) atoms. The highest BCUT2D eigenvalue weighted by Crippen LogP contribution is 2.43. The average Bonchev–Trinajstić information content (AvgIpc) is 3.28. The number of hydrogen-bond acceptors (Lipinski definition) is 0. The maximum Gasteiger partial charge on any atom is 0.0804 e. The molecule has 0 amide bonds. The topological polar surface area (TPSA) is 20.2 Å². The Hall–Kier alpha value is -4.04. The molecule has 5 aromatic carbocycles. The summed E-state index contributed by atoms with van der Waals surface area (Å²) < 4.78 is 2.48. The van der Waals surface area contributed by atoms with E-state index in [2.05, 4.69) is 100 Å². The number of aromatic amines is 1. The molecule has 0 radical (unpaired) electrons. The second-order valence-electron chi connectivity index (χ2n) is 8.31. The van der Waals surface area contributed by atoms with Crippen molar-refractivity contribution in [2.75, 3.05) is 0 Å². The molecule has 0 fully saturated rings. The van der Waals surface area contributed by atoms with Crippen LogP contribution in [0.15, 0.2) is 91.0 Å². The first kappa shape index (κ1) is 14.9. The van der Waals surface area contributed by atoms with Crippen molar-refractivity contribution in [3.63, 3.8) is 0 Å². The van der Waals surface area contributed by atoms with Gasteiger partial charge in [0.15, 0.2) is 0 Å². The molecule has 0 aliphatic carbocycles. The van der Waals surface area contributed by atoms with Gasteiger partial charge in [-0.15, -0.1) is 0 Å². The van der Waals surface area contributed by atoms with Crippen LogP contribution in [0, 0.1) is 0 Å². The van der Waals surface area contributed by atoms with E-state index >= 15 is 0 Å². The second kappa shape index (κ2) is 4.92. The van der Waals surface area contributed by atoms with Crippen LogP contribution in [0.25, 0.3) is 70.7 Å². The lowest BCUT2D eigenvalue weighted by Gasteiger charge is -2.05. The Labute approximate surface area is 171 Å². The van der Waals surface area contributed by atoms with Crippen LogP contribution < -0.4 is 0 Å². The Kier molecular flexibility index (Phi) is 2.44. The molecule has 138 valence electrons. The summed E-state index contributed by atoms with van der Waals surface area (Å²) in [6.45, 7) is 0. The average molecular weight is 380 g/mol. The van der Waals surface area contributed by atoms with Gasteiger partial charge < -0.3 is 9.38 Å². The predicted molar refractivity (Wildman–Crippen MR) is 128 cm³/mol.